The fraction of sp³-hybridized carbons (Fsp3) is 0.364. The van der Waals surface area contributed by atoms with Gasteiger partial charge in [-0.2, -0.15) is 5.26 Å². The molecule has 0 atom stereocenters. The van der Waals surface area contributed by atoms with Crippen molar-refractivity contribution in [1.82, 2.24) is 4.72 Å². The minimum atomic E-state index is -3.55. The summed E-state index contributed by atoms with van der Waals surface area (Å²) in [5.41, 5.74) is 0.220. The normalized spacial score (nSPS) is 11.5. The Morgan fingerprint density at radius 3 is 2.59 bits per heavy atom. The molecule has 0 fully saturated rings. The number of rotatable bonds is 4. The summed E-state index contributed by atoms with van der Waals surface area (Å²) in [5, 5.41) is 8.56. The molecule has 1 aromatic rings. The standard InChI is InChI=1S/C11H13FN2O2S/c1-8(2)14-17(15,16)7-10-4-3-9(6-13)5-11(10)12/h3-5,8,14H,7H2,1-2H3. The molecule has 0 aliphatic carbocycles. The molecule has 0 aliphatic rings. The second-order valence-electron chi connectivity index (χ2n) is 3.95. The van der Waals surface area contributed by atoms with Crippen LogP contribution in [0.4, 0.5) is 4.39 Å². The third kappa shape index (κ3) is 4.13. The first-order chi connectivity index (χ1) is 7.84. The van der Waals surface area contributed by atoms with Crippen molar-refractivity contribution in [3.05, 3.63) is 35.1 Å². The summed E-state index contributed by atoms with van der Waals surface area (Å²) >= 11 is 0. The monoisotopic (exact) mass is 256 g/mol. The fourth-order valence-corrected chi connectivity index (χ4v) is 2.78. The summed E-state index contributed by atoms with van der Waals surface area (Å²) in [5.74, 6) is -1.11. The second-order valence-corrected chi connectivity index (χ2v) is 5.70. The number of sulfonamides is 1. The van der Waals surface area contributed by atoms with Gasteiger partial charge in [-0.15, -0.1) is 0 Å². The van der Waals surface area contributed by atoms with E-state index in [9.17, 15) is 12.8 Å². The topological polar surface area (TPSA) is 70.0 Å². The molecule has 0 aromatic heterocycles. The van der Waals surface area contributed by atoms with Crippen molar-refractivity contribution in [3.8, 4) is 6.07 Å². The van der Waals surface area contributed by atoms with Gasteiger partial charge >= 0.3 is 0 Å². The Kier molecular flexibility index (Phi) is 4.21. The zero-order valence-electron chi connectivity index (χ0n) is 9.57. The van der Waals surface area contributed by atoms with Crippen molar-refractivity contribution >= 4 is 10.0 Å². The average Bonchev–Trinajstić information content (AvgIpc) is 2.18. The van der Waals surface area contributed by atoms with Crippen LogP contribution in [0.5, 0.6) is 0 Å². The minimum Gasteiger partial charge on any atom is -0.212 e. The molecule has 0 heterocycles. The van der Waals surface area contributed by atoms with Crippen LogP contribution in [-0.2, 0) is 15.8 Å². The first-order valence-corrected chi connectivity index (χ1v) is 6.68. The smallest absolute Gasteiger partial charge is 0.212 e. The Hall–Kier alpha value is -1.45. The summed E-state index contributed by atoms with van der Waals surface area (Å²) in [7, 11) is -3.55. The fourth-order valence-electron chi connectivity index (χ4n) is 1.34. The lowest BCUT2D eigenvalue weighted by Crippen LogP contribution is -2.31. The lowest BCUT2D eigenvalue weighted by atomic mass is 10.1. The third-order valence-electron chi connectivity index (χ3n) is 1.94. The van der Waals surface area contributed by atoms with Crippen molar-refractivity contribution in [2.75, 3.05) is 0 Å². The summed E-state index contributed by atoms with van der Waals surface area (Å²) in [6, 6.07) is 5.28. The van der Waals surface area contributed by atoms with Gasteiger partial charge in [0.05, 0.1) is 17.4 Å². The van der Waals surface area contributed by atoms with Gasteiger partial charge < -0.3 is 0 Å². The van der Waals surface area contributed by atoms with Gasteiger partial charge in [0, 0.05) is 11.6 Å². The molecule has 0 bridgehead atoms. The molecule has 0 saturated heterocycles. The van der Waals surface area contributed by atoms with E-state index in [0.29, 0.717) is 0 Å². The zero-order chi connectivity index (χ0) is 13.1. The first-order valence-electron chi connectivity index (χ1n) is 5.02. The molecule has 4 nitrogen and oxygen atoms in total. The molecule has 0 aliphatic heterocycles. The first kappa shape index (κ1) is 13.6. The van der Waals surface area contributed by atoms with Gasteiger partial charge in [-0.1, -0.05) is 6.07 Å². The summed E-state index contributed by atoms with van der Waals surface area (Å²) in [6.45, 7) is 3.37. The van der Waals surface area contributed by atoms with Crippen molar-refractivity contribution < 1.29 is 12.8 Å². The highest BCUT2D eigenvalue weighted by molar-refractivity contribution is 7.88. The number of nitrogens with zero attached hydrogens (tertiary/aromatic N) is 1. The van der Waals surface area contributed by atoms with Gasteiger partial charge in [-0.05, 0) is 26.0 Å². The molecule has 0 spiro atoms. The number of hydrogen-bond donors (Lipinski definition) is 1. The predicted molar refractivity (Wildman–Crippen MR) is 62.0 cm³/mol. The van der Waals surface area contributed by atoms with E-state index in [1.165, 1.54) is 12.1 Å². The summed E-state index contributed by atoms with van der Waals surface area (Å²) in [6.07, 6.45) is 0. The van der Waals surface area contributed by atoms with Gasteiger partial charge in [-0.3, -0.25) is 0 Å². The molecule has 6 heteroatoms. The van der Waals surface area contributed by atoms with E-state index in [-0.39, 0.29) is 17.2 Å². The molecule has 92 valence electrons. The van der Waals surface area contributed by atoms with Crippen molar-refractivity contribution in [2.45, 2.75) is 25.6 Å². The molecular formula is C11H13FN2O2S. The van der Waals surface area contributed by atoms with Gasteiger partial charge in [0.1, 0.15) is 5.82 Å². The molecule has 1 rings (SSSR count). The Morgan fingerprint density at radius 1 is 1.47 bits per heavy atom. The van der Waals surface area contributed by atoms with E-state index in [0.717, 1.165) is 6.07 Å². The maximum atomic E-state index is 13.5. The van der Waals surface area contributed by atoms with Gasteiger partial charge in [0.2, 0.25) is 10.0 Å². The molecular weight excluding hydrogens is 243 g/mol. The van der Waals surface area contributed by atoms with E-state index in [4.69, 9.17) is 5.26 Å². The van der Waals surface area contributed by atoms with Gasteiger partial charge in [-0.25, -0.2) is 17.5 Å². The maximum absolute atomic E-state index is 13.5. The van der Waals surface area contributed by atoms with Crippen LogP contribution >= 0.6 is 0 Å². The molecule has 1 N–H and O–H groups in total. The lowest BCUT2D eigenvalue weighted by molar-refractivity contribution is 0.564. The SMILES string of the molecule is CC(C)NS(=O)(=O)Cc1ccc(C#N)cc1F. The Bertz CT molecular complexity index is 547. The third-order valence-corrected chi connectivity index (χ3v) is 3.46. The molecule has 0 unspecified atom stereocenters. The predicted octanol–water partition coefficient (Wildman–Crippen LogP) is 1.53. The number of nitriles is 1. The highest BCUT2D eigenvalue weighted by atomic mass is 32.2. The van der Waals surface area contributed by atoms with Crippen molar-refractivity contribution in [1.29, 1.82) is 5.26 Å². The van der Waals surface area contributed by atoms with Gasteiger partial charge in [0.15, 0.2) is 0 Å². The lowest BCUT2D eigenvalue weighted by Gasteiger charge is -2.09. The summed E-state index contributed by atoms with van der Waals surface area (Å²) in [4.78, 5) is 0. The van der Waals surface area contributed by atoms with Crippen LogP contribution in [0.25, 0.3) is 0 Å². The maximum Gasteiger partial charge on any atom is 0.216 e. The number of hydrogen-bond acceptors (Lipinski definition) is 3. The average molecular weight is 256 g/mol. The minimum absolute atomic E-state index is 0.0529. The molecule has 0 radical (unpaired) electrons. The van der Waals surface area contributed by atoms with Crippen molar-refractivity contribution in [3.63, 3.8) is 0 Å². The number of benzene rings is 1. The van der Waals surface area contributed by atoms with E-state index < -0.39 is 21.6 Å². The van der Waals surface area contributed by atoms with E-state index in [1.807, 2.05) is 0 Å². The van der Waals surface area contributed by atoms with E-state index in [2.05, 4.69) is 4.72 Å². The van der Waals surface area contributed by atoms with Crippen LogP contribution < -0.4 is 4.72 Å². The highest BCUT2D eigenvalue weighted by Gasteiger charge is 2.15. The Balaban J connectivity index is 2.94. The molecule has 1 aromatic carbocycles. The van der Waals surface area contributed by atoms with Crippen LogP contribution in [0.2, 0.25) is 0 Å². The van der Waals surface area contributed by atoms with Gasteiger partial charge in [0.25, 0.3) is 0 Å². The highest BCUT2D eigenvalue weighted by Crippen LogP contribution is 2.13. The van der Waals surface area contributed by atoms with Crippen LogP contribution in [0.15, 0.2) is 18.2 Å². The number of halogens is 1. The zero-order valence-corrected chi connectivity index (χ0v) is 10.4. The molecule has 0 saturated carbocycles. The summed E-state index contributed by atoms with van der Waals surface area (Å²) < 4.78 is 39.0. The molecule has 17 heavy (non-hydrogen) atoms. The van der Waals surface area contributed by atoms with Crippen LogP contribution in [0.1, 0.15) is 25.0 Å². The Morgan fingerprint density at radius 2 is 2.12 bits per heavy atom. The van der Waals surface area contributed by atoms with E-state index in [1.54, 1.807) is 19.9 Å². The second kappa shape index (κ2) is 5.25. The molecule has 0 amide bonds. The van der Waals surface area contributed by atoms with Crippen LogP contribution in [0.3, 0.4) is 0 Å². The largest absolute Gasteiger partial charge is 0.216 e. The Labute approximate surface area is 100 Å². The van der Waals surface area contributed by atoms with Crippen LogP contribution in [-0.4, -0.2) is 14.5 Å². The number of nitrogens with one attached hydrogen (secondary N) is 1. The van der Waals surface area contributed by atoms with Crippen LogP contribution in [0, 0.1) is 17.1 Å². The van der Waals surface area contributed by atoms with E-state index >= 15 is 0 Å². The quantitative estimate of drug-likeness (QED) is 0.888. The van der Waals surface area contributed by atoms with Crippen molar-refractivity contribution in [2.24, 2.45) is 0 Å².